The maximum absolute atomic E-state index is 11.0. The average Bonchev–Trinajstić information content (AvgIpc) is 2.19. The van der Waals surface area contributed by atoms with Crippen LogP contribution in [0.15, 0.2) is 30.3 Å². The molecule has 1 aromatic rings. The lowest BCUT2D eigenvalue weighted by Crippen LogP contribution is -2.24. The number of alkyl halides is 1. The van der Waals surface area contributed by atoms with Gasteiger partial charge in [-0.05, 0) is 18.9 Å². The van der Waals surface area contributed by atoms with Crippen LogP contribution in [0.3, 0.4) is 0 Å². The predicted octanol–water partition coefficient (Wildman–Crippen LogP) is 2.77. The van der Waals surface area contributed by atoms with Crippen LogP contribution in [-0.2, 0) is 10.2 Å². The first kappa shape index (κ1) is 10.3. The van der Waals surface area contributed by atoms with Crippen molar-refractivity contribution in [2.75, 3.05) is 5.88 Å². The summed E-state index contributed by atoms with van der Waals surface area (Å²) in [4.78, 5) is 11.0. The second-order valence-corrected chi connectivity index (χ2v) is 3.72. The van der Waals surface area contributed by atoms with Gasteiger partial charge < -0.3 is 4.79 Å². The molecule has 0 saturated carbocycles. The molecule has 1 unspecified atom stereocenters. The molecule has 1 rings (SSSR count). The van der Waals surface area contributed by atoms with Crippen LogP contribution in [0, 0.1) is 0 Å². The first-order chi connectivity index (χ1) is 6.23. The van der Waals surface area contributed by atoms with E-state index in [1.54, 1.807) is 0 Å². The molecule has 70 valence electrons. The first-order valence-electron chi connectivity index (χ1n) is 4.31. The largest absolute Gasteiger partial charge is 0.302 e. The Labute approximate surface area is 83.7 Å². The molecule has 0 N–H and O–H groups in total. The summed E-state index contributed by atoms with van der Waals surface area (Å²) in [7, 11) is 0. The summed E-state index contributed by atoms with van der Waals surface area (Å²) in [6, 6.07) is 9.73. The van der Waals surface area contributed by atoms with Crippen molar-refractivity contribution in [3.05, 3.63) is 35.9 Å². The molecule has 1 aromatic carbocycles. The zero-order valence-corrected chi connectivity index (χ0v) is 8.42. The van der Waals surface area contributed by atoms with E-state index in [9.17, 15) is 4.79 Å². The fourth-order valence-electron chi connectivity index (χ4n) is 1.29. The van der Waals surface area contributed by atoms with Gasteiger partial charge in [-0.25, -0.2) is 0 Å². The second kappa shape index (κ2) is 4.43. The van der Waals surface area contributed by atoms with Crippen LogP contribution in [0.2, 0.25) is 0 Å². The number of hydrogen-bond acceptors (Lipinski definition) is 1. The highest BCUT2D eigenvalue weighted by Gasteiger charge is 2.24. The van der Waals surface area contributed by atoms with Crippen molar-refractivity contribution in [2.45, 2.75) is 18.8 Å². The normalized spacial score (nSPS) is 14.9. The minimum Gasteiger partial charge on any atom is -0.302 e. The Morgan fingerprint density at radius 2 is 2.00 bits per heavy atom. The fourth-order valence-corrected chi connectivity index (χ4v) is 1.68. The maximum atomic E-state index is 11.0. The van der Waals surface area contributed by atoms with Crippen LogP contribution in [0.25, 0.3) is 0 Å². The second-order valence-electron chi connectivity index (χ2n) is 3.34. The number of benzene rings is 1. The van der Waals surface area contributed by atoms with Gasteiger partial charge in [-0.1, -0.05) is 30.3 Å². The zero-order valence-electron chi connectivity index (χ0n) is 7.66. The molecule has 13 heavy (non-hydrogen) atoms. The Morgan fingerprint density at radius 1 is 1.38 bits per heavy atom. The summed E-state index contributed by atoms with van der Waals surface area (Å²) in [5.74, 6) is 0.504. The van der Waals surface area contributed by atoms with Crippen molar-refractivity contribution in [3.63, 3.8) is 0 Å². The van der Waals surface area contributed by atoms with Crippen molar-refractivity contribution in [3.8, 4) is 0 Å². The Kier molecular flexibility index (Phi) is 3.49. The highest BCUT2D eigenvalue weighted by atomic mass is 35.5. The lowest BCUT2D eigenvalue weighted by Gasteiger charge is -2.22. The maximum Gasteiger partial charge on any atom is 0.130 e. The van der Waals surface area contributed by atoms with Crippen LogP contribution in [0.4, 0.5) is 0 Å². The van der Waals surface area contributed by atoms with E-state index >= 15 is 0 Å². The summed E-state index contributed by atoms with van der Waals surface area (Å²) >= 11 is 5.66. The molecule has 0 amide bonds. The zero-order chi connectivity index (χ0) is 9.73. The average molecular weight is 197 g/mol. The summed E-state index contributed by atoms with van der Waals surface area (Å²) in [6.07, 6.45) is 1.66. The van der Waals surface area contributed by atoms with Crippen molar-refractivity contribution in [2.24, 2.45) is 0 Å². The minimum absolute atomic E-state index is 0.428. The first-order valence-corrected chi connectivity index (χ1v) is 4.84. The SMILES string of the molecule is CC(C=O)(CCCl)c1ccccc1. The van der Waals surface area contributed by atoms with Gasteiger partial charge in [0.15, 0.2) is 0 Å². The van der Waals surface area contributed by atoms with E-state index in [1.807, 2.05) is 37.3 Å². The monoisotopic (exact) mass is 196 g/mol. The molecular formula is C11H13ClO. The number of rotatable bonds is 4. The van der Waals surface area contributed by atoms with Crippen LogP contribution in [-0.4, -0.2) is 12.2 Å². The lowest BCUT2D eigenvalue weighted by atomic mass is 9.82. The molecule has 0 bridgehead atoms. The highest BCUT2D eigenvalue weighted by Crippen LogP contribution is 2.25. The molecule has 0 heterocycles. The number of hydrogen-bond donors (Lipinski definition) is 0. The lowest BCUT2D eigenvalue weighted by molar-refractivity contribution is -0.112. The van der Waals surface area contributed by atoms with Crippen LogP contribution >= 0.6 is 11.6 Å². The number of aldehydes is 1. The molecule has 0 aliphatic rings. The molecule has 0 fully saturated rings. The van der Waals surface area contributed by atoms with Crippen LogP contribution in [0.1, 0.15) is 18.9 Å². The van der Waals surface area contributed by atoms with Gasteiger partial charge in [0.2, 0.25) is 0 Å². The molecule has 0 spiro atoms. The Balaban J connectivity index is 2.95. The molecule has 0 aliphatic carbocycles. The molecule has 1 atom stereocenters. The Hall–Kier alpha value is -0.820. The smallest absolute Gasteiger partial charge is 0.130 e. The summed E-state index contributed by atoms with van der Waals surface area (Å²) in [5, 5.41) is 0. The topological polar surface area (TPSA) is 17.1 Å². The standard InChI is InChI=1S/C11H13ClO/c1-11(9-13,7-8-12)10-5-3-2-4-6-10/h2-6,9H,7-8H2,1H3. The van der Waals surface area contributed by atoms with Gasteiger partial charge in [0.05, 0.1) is 0 Å². The molecule has 1 nitrogen and oxygen atoms in total. The summed E-state index contributed by atoms with van der Waals surface area (Å²) in [6.45, 7) is 1.91. The van der Waals surface area contributed by atoms with Gasteiger partial charge in [-0.3, -0.25) is 0 Å². The number of carbonyl (C=O) groups is 1. The van der Waals surface area contributed by atoms with Crippen LogP contribution in [0.5, 0.6) is 0 Å². The van der Waals surface area contributed by atoms with Gasteiger partial charge in [-0.15, -0.1) is 11.6 Å². The van der Waals surface area contributed by atoms with Crippen molar-refractivity contribution >= 4 is 17.9 Å². The molecule has 0 saturated heterocycles. The molecule has 0 radical (unpaired) electrons. The minimum atomic E-state index is -0.428. The third-order valence-electron chi connectivity index (χ3n) is 2.31. The Morgan fingerprint density at radius 3 is 2.46 bits per heavy atom. The van der Waals surface area contributed by atoms with E-state index in [0.717, 1.165) is 11.8 Å². The molecule has 2 heteroatoms. The van der Waals surface area contributed by atoms with Crippen molar-refractivity contribution in [1.29, 1.82) is 0 Å². The third kappa shape index (κ3) is 2.31. The van der Waals surface area contributed by atoms with E-state index < -0.39 is 5.41 Å². The van der Waals surface area contributed by atoms with Gasteiger partial charge in [0.1, 0.15) is 6.29 Å². The van der Waals surface area contributed by atoms with E-state index in [2.05, 4.69) is 0 Å². The molecule has 0 aliphatic heterocycles. The summed E-state index contributed by atoms with van der Waals surface area (Å²) in [5.41, 5.74) is 0.605. The van der Waals surface area contributed by atoms with Crippen LogP contribution < -0.4 is 0 Å². The summed E-state index contributed by atoms with van der Waals surface area (Å²) < 4.78 is 0. The fraction of sp³-hybridized carbons (Fsp3) is 0.364. The van der Waals surface area contributed by atoms with E-state index in [4.69, 9.17) is 11.6 Å². The number of halogens is 1. The van der Waals surface area contributed by atoms with E-state index in [0.29, 0.717) is 12.3 Å². The van der Waals surface area contributed by atoms with Gasteiger partial charge in [0, 0.05) is 11.3 Å². The van der Waals surface area contributed by atoms with Gasteiger partial charge in [0.25, 0.3) is 0 Å². The van der Waals surface area contributed by atoms with Crippen molar-refractivity contribution < 1.29 is 4.79 Å². The Bertz CT molecular complexity index is 271. The number of carbonyl (C=O) groups excluding carboxylic acids is 1. The molecular weight excluding hydrogens is 184 g/mol. The quantitative estimate of drug-likeness (QED) is 0.535. The van der Waals surface area contributed by atoms with Gasteiger partial charge >= 0.3 is 0 Å². The van der Waals surface area contributed by atoms with Crippen molar-refractivity contribution in [1.82, 2.24) is 0 Å². The van der Waals surface area contributed by atoms with E-state index in [1.165, 1.54) is 0 Å². The highest BCUT2D eigenvalue weighted by molar-refractivity contribution is 6.18. The van der Waals surface area contributed by atoms with Gasteiger partial charge in [-0.2, -0.15) is 0 Å². The predicted molar refractivity (Wildman–Crippen MR) is 55.2 cm³/mol. The third-order valence-corrected chi connectivity index (χ3v) is 2.50. The molecule has 0 aromatic heterocycles. The van der Waals surface area contributed by atoms with E-state index in [-0.39, 0.29) is 0 Å².